The van der Waals surface area contributed by atoms with Crippen LogP contribution in [-0.4, -0.2) is 51.7 Å². The lowest BCUT2D eigenvalue weighted by molar-refractivity contribution is -0.0546. The normalized spacial score (nSPS) is 32.2. The van der Waals surface area contributed by atoms with Crippen LogP contribution in [0.3, 0.4) is 0 Å². The molecule has 0 spiro atoms. The van der Waals surface area contributed by atoms with Gasteiger partial charge in [-0.05, 0) is 56.7 Å². The van der Waals surface area contributed by atoms with E-state index >= 15 is 0 Å². The van der Waals surface area contributed by atoms with E-state index in [4.69, 9.17) is 9.16 Å². The van der Waals surface area contributed by atoms with Crippen molar-refractivity contribution < 1.29 is 9.16 Å². The first-order chi connectivity index (χ1) is 10.1. The maximum atomic E-state index is 6.79. The van der Waals surface area contributed by atoms with Crippen molar-refractivity contribution in [3.63, 3.8) is 0 Å². The van der Waals surface area contributed by atoms with Gasteiger partial charge in [-0.2, -0.15) is 0 Å². The second-order valence-electron chi connectivity index (χ2n) is 9.43. The van der Waals surface area contributed by atoms with Crippen molar-refractivity contribution >= 4 is 8.32 Å². The molecule has 0 radical (unpaired) electrons. The van der Waals surface area contributed by atoms with Crippen molar-refractivity contribution in [3.05, 3.63) is 0 Å². The Balaban J connectivity index is 2.03. The zero-order valence-corrected chi connectivity index (χ0v) is 16.7. The molecule has 0 atom stereocenters. The molecule has 0 aromatic heterocycles. The van der Waals surface area contributed by atoms with Crippen molar-refractivity contribution in [3.8, 4) is 0 Å². The Kier molecular flexibility index (Phi) is 5.80. The summed E-state index contributed by atoms with van der Waals surface area (Å²) >= 11 is 0. The molecule has 0 unspecified atom stereocenters. The van der Waals surface area contributed by atoms with Crippen LogP contribution in [-0.2, 0) is 9.16 Å². The van der Waals surface area contributed by atoms with Crippen LogP contribution in [0.1, 0.15) is 46.5 Å². The molecule has 22 heavy (non-hydrogen) atoms. The Morgan fingerprint density at radius 2 is 1.64 bits per heavy atom. The first kappa shape index (κ1) is 18.4. The van der Waals surface area contributed by atoms with Gasteiger partial charge in [0.15, 0.2) is 8.32 Å². The molecular formula is C18H37NO2Si. The Morgan fingerprint density at radius 1 is 1.09 bits per heavy atom. The molecule has 0 aromatic rings. The molecule has 1 saturated carbocycles. The molecule has 4 heteroatoms. The lowest BCUT2D eigenvalue weighted by atomic mass is 9.68. The topological polar surface area (TPSA) is 21.7 Å². The summed E-state index contributed by atoms with van der Waals surface area (Å²) in [4.78, 5) is 2.57. The van der Waals surface area contributed by atoms with Gasteiger partial charge >= 0.3 is 0 Å². The Labute approximate surface area is 138 Å². The highest BCUT2D eigenvalue weighted by molar-refractivity contribution is 6.69. The minimum absolute atomic E-state index is 0.101. The van der Waals surface area contributed by atoms with Gasteiger partial charge in [-0.1, -0.05) is 20.8 Å². The van der Waals surface area contributed by atoms with Crippen molar-refractivity contribution in [1.82, 2.24) is 4.90 Å². The summed E-state index contributed by atoms with van der Waals surface area (Å²) in [7, 11) is -1.53. The summed E-state index contributed by atoms with van der Waals surface area (Å²) in [5.74, 6) is 0.843. The van der Waals surface area contributed by atoms with E-state index in [1.165, 1.54) is 25.7 Å². The quantitative estimate of drug-likeness (QED) is 0.724. The smallest absolute Gasteiger partial charge is 0.184 e. The van der Waals surface area contributed by atoms with E-state index in [-0.39, 0.29) is 5.60 Å². The predicted molar refractivity (Wildman–Crippen MR) is 95.8 cm³/mol. The molecule has 0 bridgehead atoms. The van der Waals surface area contributed by atoms with E-state index in [1.54, 1.807) is 0 Å². The fraction of sp³-hybridized carbons (Fsp3) is 1.00. The molecule has 0 aromatic carbocycles. The van der Waals surface area contributed by atoms with Crippen LogP contribution in [0.2, 0.25) is 19.6 Å². The van der Waals surface area contributed by atoms with Crippen molar-refractivity contribution in [2.24, 2.45) is 11.3 Å². The monoisotopic (exact) mass is 327 g/mol. The summed E-state index contributed by atoms with van der Waals surface area (Å²) in [6.45, 7) is 19.2. The molecule has 1 heterocycles. The molecule has 1 saturated heterocycles. The highest BCUT2D eigenvalue weighted by Gasteiger charge is 2.43. The highest BCUT2D eigenvalue weighted by Crippen LogP contribution is 2.44. The molecule has 3 nitrogen and oxygen atoms in total. The van der Waals surface area contributed by atoms with Gasteiger partial charge in [-0.3, -0.25) is 4.90 Å². The van der Waals surface area contributed by atoms with Crippen LogP contribution in [0, 0.1) is 11.3 Å². The van der Waals surface area contributed by atoms with Crippen LogP contribution < -0.4 is 0 Å². The van der Waals surface area contributed by atoms with Crippen molar-refractivity contribution in [2.75, 3.05) is 32.8 Å². The van der Waals surface area contributed by atoms with Gasteiger partial charge in [0.2, 0.25) is 0 Å². The SMILES string of the molecule is CC(C)(C)C1CCC(CN2CCOCC2)(O[Si](C)(C)C)CC1. The highest BCUT2D eigenvalue weighted by atomic mass is 28.4. The minimum Gasteiger partial charge on any atom is -0.411 e. The molecule has 0 amide bonds. The second-order valence-corrected chi connectivity index (χ2v) is 13.9. The summed E-state index contributed by atoms with van der Waals surface area (Å²) in [5.41, 5.74) is 0.536. The second kappa shape index (κ2) is 6.92. The first-order valence-corrected chi connectivity index (χ1v) is 12.5. The molecule has 2 aliphatic rings. The predicted octanol–water partition coefficient (Wildman–Crippen LogP) is 4.15. The van der Waals surface area contributed by atoms with Gasteiger partial charge < -0.3 is 9.16 Å². The van der Waals surface area contributed by atoms with Gasteiger partial charge in [-0.25, -0.2) is 0 Å². The van der Waals surface area contributed by atoms with Crippen LogP contribution in [0.5, 0.6) is 0 Å². The summed E-state index contributed by atoms with van der Waals surface area (Å²) < 4.78 is 12.3. The molecule has 1 aliphatic carbocycles. The van der Waals surface area contributed by atoms with Crippen LogP contribution in [0.4, 0.5) is 0 Å². The van der Waals surface area contributed by atoms with Gasteiger partial charge in [0.25, 0.3) is 0 Å². The van der Waals surface area contributed by atoms with Crippen molar-refractivity contribution in [2.45, 2.75) is 71.7 Å². The number of hydrogen-bond acceptors (Lipinski definition) is 3. The third-order valence-electron chi connectivity index (χ3n) is 5.26. The fourth-order valence-corrected chi connectivity index (χ4v) is 5.69. The average Bonchev–Trinajstić information content (AvgIpc) is 2.37. The fourth-order valence-electron chi connectivity index (χ4n) is 4.12. The van der Waals surface area contributed by atoms with Gasteiger partial charge in [0, 0.05) is 19.6 Å². The first-order valence-electron chi connectivity index (χ1n) is 9.10. The van der Waals surface area contributed by atoms with Crippen LogP contribution >= 0.6 is 0 Å². The lowest BCUT2D eigenvalue weighted by Gasteiger charge is -2.49. The standard InChI is InChI=1S/C18H37NO2Si/c1-17(2,3)16-7-9-18(10-8-16,21-22(4,5)6)15-19-11-13-20-14-12-19/h16H,7-15H2,1-6H3. The Morgan fingerprint density at radius 3 is 2.09 bits per heavy atom. The molecule has 130 valence electrons. The van der Waals surface area contributed by atoms with Gasteiger partial charge in [0.05, 0.1) is 18.8 Å². The van der Waals surface area contributed by atoms with E-state index in [1.807, 2.05) is 0 Å². The third kappa shape index (κ3) is 5.33. The van der Waals surface area contributed by atoms with Crippen LogP contribution in [0.15, 0.2) is 0 Å². The largest absolute Gasteiger partial charge is 0.411 e. The molecule has 2 rings (SSSR count). The summed E-state index contributed by atoms with van der Waals surface area (Å²) in [5, 5.41) is 0. The number of morpholine rings is 1. The summed E-state index contributed by atoms with van der Waals surface area (Å²) in [6, 6.07) is 0. The zero-order valence-electron chi connectivity index (χ0n) is 15.7. The molecular weight excluding hydrogens is 290 g/mol. The Hall–Kier alpha value is 0.0969. The number of ether oxygens (including phenoxy) is 1. The van der Waals surface area contributed by atoms with Gasteiger partial charge in [-0.15, -0.1) is 0 Å². The number of hydrogen-bond donors (Lipinski definition) is 0. The maximum Gasteiger partial charge on any atom is 0.184 e. The van der Waals surface area contributed by atoms with E-state index in [0.717, 1.165) is 38.8 Å². The average molecular weight is 328 g/mol. The van der Waals surface area contributed by atoms with E-state index < -0.39 is 8.32 Å². The molecule has 1 aliphatic heterocycles. The summed E-state index contributed by atoms with van der Waals surface area (Å²) in [6.07, 6.45) is 5.10. The van der Waals surface area contributed by atoms with Gasteiger partial charge in [0.1, 0.15) is 0 Å². The maximum absolute atomic E-state index is 6.79. The molecule has 2 fully saturated rings. The third-order valence-corrected chi connectivity index (χ3v) is 6.31. The van der Waals surface area contributed by atoms with Crippen LogP contribution in [0.25, 0.3) is 0 Å². The van der Waals surface area contributed by atoms with E-state index in [0.29, 0.717) is 5.41 Å². The minimum atomic E-state index is -1.53. The molecule has 0 N–H and O–H groups in total. The van der Waals surface area contributed by atoms with E-state index in [2.05, 4.69) is 45.3 Å². The van der Waals surface area contributed by atoms with Crippen molar-refractivity contribution in [1.29, 1.82) is 0 Å². The Bertz CT molecular complexity index is 345. The number of rotatable bonds is 4. The zero-order chi connectivity index (χ0) is 16.4. The lowest BCUT2D eigenvalue weighted by Crippen LogP contribution is -2.54. The van der Waals surface area contributed by atoms with E-state index in [9.17, 15) is 0 Å². The number of nitrogens with zero attached hydrogens (tertiary/aromatic N) is 1.